The predicted octanol–water partition coefficient (Wildman–Crippen LogP) is 3.37. The Bertz CT molecular complexity index is 1090. The first-order valence-corrected chi connectivity index (χ1v) is 10.8. The Balaban J connectivity index is 1.55. The third-order valence-corrected chi connectivity index (χ3v) is 6.43. The maximum absolute atomic E-state index is 13.4. The van der Waals surface area contributed by atoms with Gasteiger partial charge < -0.3 is 15.4 Å². The van der Waals surface area contributed by atoms with E-state index in [-0.39, 0.29) is 18.0 Å². The molecule has 2 aliphatic rings. The van der Waals surface area contributed by atoms with Crippen molar-refractivity contribution in [2.75, 3.05) is 19.6 Å². The van der Waals surface area contributed by atoms with Crippen molar-refractivity contribution in [3.8, 4) is 0 Å². The van der Waals surface area contributed by atoms with Crippen LogP contribution >= 0.6 is 0 Å². The Morgan fingerprint density at radius 3 is 2.22 bits per heavy atom. The number of piperazine rings is 1. The fourth-order valence-corrected chi connectivity index (χ4v) is 4.85. The Hall–Kier alpha value is -3.64. The van der Waals surface area contributed by atoms with Crippen LogP contribution in [0.4, 0.5) is 4.79 Å². The summed E-state index contributed by atoms with van der Waals surface area (Å²) in [6, 6.07) is 26.7. The molecule has 1 unspecified atom stereocenters. The predicted molar refractivity (Wildman–Crippen MR) is 121 cm³/mol. The van der Waals surface area contributed by atoms with E-state index < -0.39 is 5.60 Å². The fraction of sp³-hybridized carbons (Fsp3) is 0.231. The maximum atomic E-state index is 13.4. The highest BCUT2D eigenvalue weighted by Gasteiger charge is 2.58. The topological polar surface area (TPSA) is 75.9 Å². The molecule has 5 rings (SSSR count). The van der Waals surface area contributed by atoms with Crippen LogP contribution < -0.4 is 5.73 Å². The first-order chi connectivity index (χ1) is 15.6. The number of ether oxygens (including phenoxy) is 1. The number of rotatable bonds is 4. The van der Waals surface area contributed by atoms with Gasteiger partial charge in [0, 0.05) is 42.9 Å². The van der Waals surface area contributed by atoms with E-state index in [1.807, 2.05) is 89.8 Å². The summed E-state index contributed by atoms with van der Waals surface area (Å²) >= 11 is 0. The van der Waals surface area contributed by atoms with Crippen molar-refractivity contribution >= 4 is 12.0 Å². The minimum atomic E-state index is -0.988. The highest BCUT2D eigenvalue weighted by Crippen LogP contribution is 2.45. The average Bonchev–Trinajstić information content (AvgIpc) is 3.17. The fourth-order valence-electron chi connectivity index (χ4n) is 4.85. The van der Waals surface area contributed by atoms with Gasteiger partial charge in [-0.15, -0.1) is 0 Å². The number of hydrogen-bond donors (Lipinski definition) is 1. The molecule has 6 nitrogen and oxygen atoms in total. The quantitative estimate of drug-likeness (QED) is 0.693. The van der Waals surface area contributed by atoms with Crippen LogP contribution in [-0.2, 0) is 16.9 Å². The van der Waals surface area contributed by atoms with E-state index in [9.17, 15) is 9.59 Å². The van der Waals surface area contributed by atoms with Gasteiger partial charge in [-0.05, 0) is 17.7 Å². The summed E-state index contributed by atoms with van der Waals surface area (Å²) in [5.74, 6) is -0.0608. The van der Waals surface area contributed by atoms with Crippen LogP contribution in [0, 0.1) is 0 Å². The molecule has 0 saturated carbocycles. The number of carbonyl (C=O) groups excluding carboxylic acids is 2. The molecule has 2 aliphatic heterocycles. The van der Waals surface area contributed by atoms with Crippen molar-refractivity contribution < 1.29 is 14.3 Å². The van der Waals surface area contributed by atoms with Crippen molar-refractivity contribution in [2.45, 2.75) is 18.2 Å². The molecule has 0 spiro atoms. The van der Waals surface area contributed by atoms with E-state index in [0.717, 1.165) is 16.7 Å². The van der Waals surface area contributed by atoms with E-state index in [1.165, 1.54) is 0 Å². The van der Waals surface area contributed by atoms with Crippen molar-refractivity contribution in [3.05, 3.63) is 107 Å². The third-order valence-electron chi connectivity index (χ3n) is 6.43. The SMILES string of the molecule is NCc1cccc(C(=O)N2CCN3C(=O)OC(c4ccccc4)(c4ccccc4)C3C2)c1. The molecule has 3 aromatic rings. The minimum Gasteiger partial charge on any atom is -0.431 e. The van der Waals surface area contributed by atoms with Crippen molar-refractivity contribution in [2.24, 2.45) is 5.73 Å². The lowest BCUT2D eigenvalue weighted by Gasteiger charge is -2.42. The summed E-state index contributed by atoms with van der Waals surface area (Å²) in [7, 11) is 0. The molecule has 2 N–H and O–H groups in total. The number of amides is 2. The number of hydrogen-bond acceptors (Lipinski definition) is 4. The Morgan fingerprint density at radius 1 is 0.938 bits per heavy atom. The first kappa shape index (κ1) is 20.3. The van der Waals surface area contributed by atoms with Crippen LogP contribution in [0.5, 0.6) is 0 Å². The summed E-state index contributed by atoms with van der Waals surface area (Å²) in [5, 5.41) is 0. The van der Waals surface area contributed by atoms with E-state index in [0.29, 0.717) is 31.7 Å². The highest BCUT2D eigenvalue weighted by atomic mass is 16.6. The van der Waals surface area contributed by atoms with Gasteiger partial charge in [0.15, 0.2) is 5.60 Å². The Morgan fingerprint density at radius 2 is 1.59 bits per heavy atom. The van der Waals surface area contributed by atoms with Crippen LogP contribution in [0.2, 0.25) is 0 Å². The lowest BCUT2D eigenvalue weighted by atomic mass is 9.79. The summed E-state index contributed by atoms with van der Waals surface area (Å²) in [6.45, 7) is 1.64. The molecule has 2 fully saturated rings. The molecule has 2 heterocycles. The zero-order chi connectivity index (χ0) is 22.1. The second kappa shape index (κ2) is 8.13. The largest absolute Gasteiger partial charge is 0.431 e. The average molecular weight is 428 g/mol. The molecule has 1 atom stereocenters. The lowest BCUT2D eigenvalue weighted by molar-refractivity contribution is 0.0372. The van der Waals surface area contributed by atoms with Crippen molar-refractivity contribution in [1.82, 2.24) is 9.80 Å². The van der Waals surface area contributed by atoms with Crippen LogP contribution in [0.25, 0.3) is 0 Å². The van der Waals surface area contributed by atoms with Crippen molar-refractivity contribution in [3.63, 3.8) is 0 Å². The van der Waals surface area contributed by atoms with Gasteiger partial charge in [-0.3, -0.25) is 9.69 Å². The zero-order valence-electron chi connectivity index (χ0n) is 17.7. The maximum Gasteiger partial charge on any atom is 0.411 e. The van der Waals surface area contributed by atoms with Crippen LogP contribution in [-0.4, -0.2) is 47.5 Å². The summed E-state index contributed by atoms with van der Waals surface area (Å²) in [6.07, 6.45) is -0.347. The minimum absolute atomic E-state index is 0.0608. The normalized spacial score (nSPS) is 19.4. The van der Waals surface area contributed by atoms with E-state index in [4.69, 9.17) is 10.5 Å². The van der Waals surface area contributed by atoms with Gasteiger partial charge in [-0.2, -0.15) is 0 Å². The number of fused-ring (bicyclic) bond motifs is 1. The van der Waals surface area contributed by atoms with Crippen LogP contribution in [0.3, 0.4) is 0 Å². The van der Waals surface area contributed by atoms with Gasteiger partial charge in [0.1, 0.15) is 6.04 Å². The van der Waals surface area contributed by atoms with Crippen LogP contribution in [0.15, 0.2) is 84.9 Å². The standard InChI is InChI=1S/C26H25N3O3/c27-17-19-8-7-9-20(16-19)24(30)28-14-15-29-23(18-28)26(32-25(29)31,21-10-3-1-4-11-21)22-12-5-2-6-13-22/h1-13,16,23H,14-15,17-18,27H2. The molecular weight excluding hydrogens is 402 g/mol. The molecule has 0 aromatic heterocycles. The Kier molecular flexibility index (Phi) is 5.15. The van der Waals surface area contributed by atoms with Gasteiger partial charge in [-0.25, -0.2) is 4.79 Å². The zero-order valence-corrected chi connectivity index (χ0v) is 17.7. The Labute approximate surface area is 187 Å². The molecule has 2 saturated heterocycles. The second-order valence-corrected chi connectivity index (χ2v) is 8.20. The molecule has 3 aromatic carbocycles. The summed E-state index contributed by atoms with van der Waals surface area (Å²) in [5.41, 5.74) is 8.08. The molecule has 6 heteroatoms. The molecule has 0 bridgehead atoms. The molecule has 2 amide bonds. The molecule has 162 valence electrons. The smallest absolute Gasteiger partial charge is 0.411 e. The van der Waals surface area contributed by atoms with Gasteiger partial charge in [-0.1, -0.05) is 72.8 Å². The van der Waals surface area contributed by atoms with Gasteiger partial charge >= 0.3 is 6.09 Å². The number of carbonyl (C=O) groups is 2. The summed E-state index contributed by atoms with van der Waals surface area (Å²) in [4.78, 5) is 29.9. The number of nitrogens with zero attached hydrogens (tertiary/aromatic N) is 2. The molecule has 0 radical (unpaired) electrons. The van der Waals surface area contributed by atoms with E-state index in [1.54, 1.807) is 4.90 Å². The van der Waals surface area contributed by atoms with Gasteiger partial charge in [0.25, 0.3) is 5.91 Å². The van der Waals surface area contributed by atoms with E-state index in [2.05, 4.69) is 0 Å². The van der Waals surface area contributed by atoms with Gasteiger partial charge in [0.05, 0.1) is 0 Å². The molecule has 32 heavy (non-hydrogen) atoms. The monoisotopic (exact) mass is 427 g/mol. The van der Waals surface area contributed by atoms with Gasteiger partial charge in [0.2, 0.25) is 0 Å². The summed E-state index contributed by atoms with van der Waals surface area (Å²) < 4.78 is 6.17. The van der Waals surface area contributed by atoms with E-state index >= 15 is 0 Å². The second-order valence-electron chi connectivity index (χ2n) is 8.20. The van der Waals surface area contributed by atoms with Crippen LogP contribution in [0.1, 0.15) is 27.0 Å². The number of nitrogens with two attached hydrogens (primary N) is 1. The molecular formula is C26H25N3O3. The highest BCUT2D eigenvalue weighted by molar-refractivity contribution is 5.94. The lowest BCUT2D eigenvalue weighted by Crippen LogP contribution is -2.58. The number of cyclic esters (lactones) is 1. The number of benzene rings is 3. The first-order valence-electron chi connectivity index (χ1n) is 10.8. The van der Waals surface area contributed by atoms with Crippen molar-refractivity contribution in [1.29, 1.82) is 0 Å². The third kappa shape index (κ3) is 3.24. The molecule has 0 aliphatic carbocycles.